The first-order valence-corrected chi connectivity index (χ1v) is 8.57. The second-order valence-electron chi connectivity index (χ2n) is 5.47. The fourth-order valence-electron chi connectivity index (χ4n) is 1.83. The van der Waals surface area contributed by atoms with Gasteiger partial charge in [0.25, 0.3) is 0 Å². The molecule has 0 fully saturated rings. The van der Waals surface area contributed by atoms with Crippen LogP contribution in [0.1, 0.15) is 15.9 Å². The molecule has 2 heterocycles. The molecule has 0 amide bonds. The van der Waals surface area contributed by atoms with E-state index in [2.05, 4.69) is 20.6 Å². The highest BCUT2D eigenvalue weighted by Gasteiger charge is 2.27. The summed E-state index contributed by atoms with van der Waals surface area (Å²) in [7, 11) is 0. The van der Waals surface area contributed by atoms with E-state index >= 15 is 0 Å². The largest absolute Gasteiger partial charge is 0.405 e. The summed E-state index contributed by atoms with van der Waals surface area (Å²) in [6, 6.07) is 2.40. The molecule has 0 atom stereocenters. The molecule has 2 rings (SSSR count). The molecule has 2 aromatic heterocycles. The quantitative estimate of drug-likeness (QED) is 0.316. The van der Waals surface area contributed by atoms with Gasteiger partial charge in [-0.1, -0.05) is 23.2 Å². The third-order valence-electron chi connectivity index (χ3n) is 3.11. The molecule has 30 heavy (non-hydrogen) atoms. The fraction of sp³-hybridized carbons (Fsp3) is 0.312. The van der Waals surface area contributed by atoms with Crippen LogP contribution in [-0.4, -0.2) is 46.8 Å². The summed E-state index contributed by atoms with van der Waals surface area (Å²) in [6.07, 6.45) is -5.94. The lowest BCUT2D eigenvalue weighted by molar-refractivity contribution is -0.116. The predicted molar refractivity (Wildman–Crippen MR) is 98.9 cm³/mol. The van der Waals surface area contributed by atoms with Gasteiger partial charge < -0.3 is 15.7 Å². The number of nitrogens with one attached hydrogen (secondary N) is 2. The van der Waals surface area contributed by atoms with Gasteiger partial charge in [-0.2, -0.15) is 26.3 Å². The highest BCUT2D eigenvalue weighted by Crippen LogP contribution is 2.22. The van der Waals surface area contributed by atoms with Crippen LogP contribution in [0.3, 0.4) is 0 Å². The number of halogens is 8. The highest BCUT2D eigenvalue weighted by molar-refractivity contribution is 6.30. The number of carbonyl (C=O) groups excluding carboxylic acids is 1. The monoisotopic (exact) mass is 478 g/mol. The minimum absolute atomic E-state index is 0.0160. The highest BCUT2D eigenvalue weighted by atomic mass is 35.5. The first-order chi connectivity index (χ1) is 13.8. The maximum absolute atomic E-state index is 11.9. The van der Waals surface area contributed by atoms with Crippen LogP contribution >= 0.6 is 23.2 Å². The van der Waals surface area contributed by atoms with E-state index in [4.69, 9.17) is 28.3 Å². The number of aliphatic hydroxyl groups is 1. The predicted octanol–water partition coefficient (Wildman–Crippen LogP) is 4.72. The number of pyridine rings is 2. The maximum Gasteiger partial charge on any atom is 0.405 e. The van der Waals surface area contributed by atoms with Crippen LogP contribution in [0, 0.1) is 0 Å². The van der Waals surface area contributed by atoms with Gasteiger partial charge in [0.2, 0.25) is 0 Å². The maximum atomic E-state index is 11.9. The van der Waals surface area contributed by atoms with E-state index in [-0.39, 0.29) is 32.8 Å². The van der Waals surface area contributed by atoms with Crippen molar-refractivity contribution in [1.29, 1.82) is 0 Å². The Morgan fingerprint density at radius 1 is 0.900 bits per heavy atom. The molecular weight excluding hydrogens is 465 g/mol. The standard InChI is InChI=1S/C8H8ClF3N2O.C8H6ClF3N2O/c2*9-7-1-6(5(3-15)2-13-7)14-4-8(10,11)12/h1-2,15H,3-4H2,(H,13,14);1-3H,4H2,(H,13,14). The average Bonchev–Trinajstić information content (AvgIpc) is 2.64. The fourth-order valence-corrected chi connectivity index (χ4v) is 2.14. The lowest BCUT2D eigenvalue weighted by atomic mass is 10.2. The first-order valence-electron chi connectivity index (χ1n) is 7.82. The van der Waals surface area contributed by atoms with Gasteiger partial charge in [0, 0.05) is 29.3 Å². The molecule has 0 aliphatic carbocycles. The summed E-state index contributed by atoms with van der Waals surface area (Å²) in [5, 5.41) is 13.1. The van der Waals surface area contributed by atoms with Gasteiger partial charge in [-0.15, -0.1) is 0 Å². The molecule has 3 N–H and O–H groups in total. The second kappa shape index (κ2) is 11.2. The van der Waals surface area contributed by atoms with E-state index in [0.717, 1.165) is 12.3 Å². The van der Waals surface area contributed by atoms with Gasteiger partial charge >= 0.3 is 12.4 Å². The molecule has 0 saturated heterocycles. The van der Waals surface area contributed by atoms with Gasteiger partial charge in [0.1, 0.15) is 23.4 Å². The van der Waals surface area contributed by atoms with Crippen LogP contribution in [-0.2, 0) is 6.61 Å². The SMILES string of the molecule is O=Cc1cnc(Cl)cc1NCC(F)(F)F.OCc1cnc(Cl)cc1NCC(F)(F)F. The smallest absolute Gasteiger partial charge is 0.392 e. The summed E-state index contributed by atoms with van der Waals surface area (Å²) in [4.78, 5) is 17.7. The topological polar surface area (TPSA) is 87.1 Å². The number of nitrogens with zero attached hydrogens (tertiary/aromatic N) is 2. The van der Waals surface area contributed by atoms with E-state index in [1.165, 1.54) is 12.3 Å². The summed E-state index contributed by atoms with van der Waals surface area (Å²) >= 11 is 11.0. The van der Waals surface area contributed by atoms with Crippen LogP contribution in [0.15, 0.2) is 24.5 Å². The lowest BCUT2D eigenvalue weighted by Crippen LogP contribution is -2.22. The molecule has 0 radical (unpaired) electrons. The van der Waals surface area contributed by atoms with Crippen molar-refractivity contribution in [2.24, 2.45) is 0 Å². The Balaban J connectivity index is 0.000000300. The number of hydrogen-bond acceptors (Lipinski definition) is 6. The van der Waals surface area contributed by atoms with Gasteiger partial charge in [0.15, 0.2) is 6.29 Å². The molecule has 0 aliphatic heterocycles. The molecule has 166 valence electrons. The van der Waals surface area contributed by atoms with E-state index in [9.17, 15) is 31.1 Å². The normalized spacial score (nSPS) is 11.4. The third kappa shape index (κ3) is 9.94. The molecule has 0 bridgehead atoms. The Morgan fingerprint density at radius 3 is 1.83 bits per heavy atom. The molecule has 0 spiro atoms. The first kappa shape index (κ1) is 25.7. The number of aromatic nitrogens is 2. The molecule has 0 saturated carbocycles. The molecule has 2 aromatic rings. The van der Waals surface area contributed by atoms with E-state index in [1.807, 2.05) is 0 Å². The summed E-state index contributed by atoms with van der Waals surface area (Å²) in [6.45, 7) is -2.81. The van der Waals surface area contributed by atoms with Crippen LogP contribution in [0.2, 0.25) is 10.3 Å². The van der Waals surface area contributed by atoms with Crippen LogP contribution in [0.4, 0.5) is 37.7 Å². The molecule has 0 aliphatic rings. The van der Waals surface area contributed by atoms with E-state index < -0.39 is 32.0 Å². The zero-order chi connectivity index (χ0) is 22.9. The number of aldehydes is 1. The number of rotatable bonds is 6. The molecular formula is C16H14Cl2F6N4O2. The van der Waals surface area contributed by atoms with Crippen molar-refractivity contribution in [2.45, 2.75) is 19.0 Å². The van der Waals surface area contributed by atoms with Crippen molar-refractivity contribution >= 4 is 40.9 Å². The van der Waals surface area contributed by atoms with Crippen molar-refractivity contribution in [3.8, 4) is 0 Å². The van der Waals surface area contributed by atoms with Crippen molar-refractivity contribution in [1.82, 2.24) is 9.97 Å². The number of anilines is 2. The number of hydrogen-bond donors (Lipinski definition) is 3. The molecule has 14 heteroatoms. The second-order valence-corrected chi connectivity index (χ2v) is 6.25. The molecule has 6 nitrogen and oxygen atoms in total. The Kier molecular flexibility index (Phi) is 9.59. The van der Waals surface area contributed by atoms with Crippen molar-refractivity contribution in [3.05, 3.63) is 46.0 Å². The minimum atomic E-state index is -4.35. The average molecular weight is 479 g/mol. The summed E-state index contributed by atoms with van der Waals surface area (Å²) in [5.41, 5.74) is 0.449. The summed E-state index contributed by atoms with van der Waals surface area (Å²) < 4.78 is 71.3. The zero-order valence-electron chi connectivity index (χ0n) is 14.8. The minimum Gasteiger partial charge on any atom is -0.392 e. The van der Waals surface area contributed by atoms with Gasteiger partial charge in [-0.05, 0) is 12.1 Å². The summed E-state index contributed by atoms with van der Waals surface area (Å²) in [5.74, 6) is 0. The molecule has 0 unspecified atom stereocenters. The van der Waals surface area contributed by atoms with Gasteiger partial charge in [-0.3, -0.25) is 4.79 Å². The Hall–Kier alpha value is -2.31. The Bertz CT molecular complexity index is 849. The number of aliphatic hydroxyl groups excluding tert-OH is 1. The zero-order valence-corrected chi connectivity index (χ0v) is 16.3. The third-order valence-corrected chi connectivity index (χ3v) is 3.52. The van der Waals surface area contributed by atoms with Crippen molar-refractivity contribution in [2.75, 3.05) is 23.7 Å². The van der Waals surface area contributed by atoms with E-state index in [1.54, 1.807) is 0 Å². The Labute approximate surface area is 176 Å². The lowest BCUT2D eigenvalue weighted by Gasteiger charge is -2.12. The van der Waals surface area contributed by atoms with Crippen LogP contribution in [0.25, 0.3) is 0 Å². The number of alkyl halides is 6. The molecule has 0 aromatic carbocycles. The Morgan fingerprint density at radius 2 is 1.37 bits per heavy atom. The van der Waals surface area contributed by atoms with Crippen molar-refractivity contribution in [3.63, 3.8) is 0 Å². The van der Waals surface area contributed by atoms with Crippen LogP contribution < -0.4 is 10.6 Å². The van der Waals surface area contributed by atoms with Crippen molar-refractivity contribution < 1.29 is 36.2 Å². The van der Waals surface area contributed by atoms with Crippen LogP contribution in [0.5, 0.6) is 0 Å². The van der Waals surface area contributed by atoms with E-state index in [0.29, 0.717) is 6.29 Å². The van der Waals surface area contributed by atoms with Gasteiger partial charge in [-0.25, -0.2) is 9.97 Å². The number of carbonyl (C=O) groups is 1. The van der Waals surface area contributed by atoms with Gasteiger partial charge in [0.05, 0.1) is 12.2 Å².